The number of fused-ring (bicyclic) bond motifs is 6. The van der Waals surface area contributed by atoms with Gasteiger partial charge in [-0.15, -0.1) is 0 Å². The molecule has 0 N–H and O–H groups in total. The molecule has 3 aliphatic carbocycles. The molecule has 0 aliphatic heterocycles. The molecule has 0 spiro atoms. The largest absolute Gasteiger partial charge is 0.460 e. The van der Waals surface area contributed by atoms with E-state index in [1.807, 2.05) is 85.8 Å². The van der Waals surface area contributed by atoms with Crippen molar-refractivity contribution in [3.63, 3.8) is 0 Å². The van der Waals surface area contributed by atoms with Gasteiger partial charge in [0.05, 0.1) is 24.4 Å². The molecule has 0 fully saturated rings. The lowest BCUT2D eigenvalue weighted by molar-refractivity contribution is -0.140. The van der Waals surface area contributed by atoms with Gasteiger partial charge in [-0.1, -0.05) is 79.7 Å². The van der Waals surface area contributed by atoms with Gasteiger partial charge in [0, 0.05) is 16.6 Å². The van der Waals surface area contributed by atoms with Crippen LogP contribution in [0.15, 0.2) is 95.6 Å². The third kappa shape index (κ3) is 5.16. The summed E-state index contributed by atoms with van der Waals surface area (Å²) in [6.07, 6.45) is 4.10. The predicted octanol–water partition coefficient (Wildman–Crippen LogP) is 6.47. The van der Waals surface area contributed by atoms with E-state index in [4.69, 9.17) is 14.2 Å². The summed E-state index contributed by atoms with van der Waals surface area (Å²) in [6.45, 7) is 1.96. The first kappa shape index (κ1) is 31.5. The summed E-state index contributed by atoms with van der Waals surface area (Å²) in [5.74, 6) is -1.12. The van der Waals surface area contributed by atoms with Crippen LogP contribution in [-0.4, -0.2) is 38.4 Å². The Bertz CT molecular complexity index is 2160. The number of nitrogens with zero attached hydrogens (tertiary/aromatic N) is 4. The minimum Gasteiger partial charge on any atom is -0.460 e. The molecule has 3 aliphatic rings. The molecular weight excluding hydrogens is 604 g/mol. The molecule has 0 amide bonds. The zero-order valence-corrected chi connectivity index (χ0v) is 25.9. The Hall–Kier alpha value is -6.52. The molecule has 6 rings (SSSR count). The molecule has 0 saturated heterocycles. The fourth-order valence-corrected chi connectivity index (χ4v) is 6.83. The van der Waals surface area contributed by atoms with Crippen LogP contribution in [0.25, 0.3) is 27.8 Å². The van der Waals surface area contributed by atoms with E-state index >= 15 is 0 Å². The molecule has 0 bridgehead atoms. The van der Waals surface area contributed by atoms with Crippen molar-refractivity contribution in [2.75, 3.05) is 26.4 Å². The molecular formula is C39H26N4O5. The lowest BCUT2D eigenvalue weighted by atomic mass is 9.71. The highest BCUT2D eigenvalue weighted by atomic mass is 16.6. The Morgan fingerprint density at radius 1 is 0.688 bits per heavy atom. The summed E-state index contributed by atoms with van der Waals surface area (Å²) < 4.78 is 16.6. The Morgan fingerprint density at radius 3 is 1.94 bits per heavy atom. The van der Waals surface area contributed by atoms with Crippen molar-refractivity contribution in [1.29, 1.82) is 21.0 Å². The molecule has 1 unspecified atom stereocenters. The van der Waals surface area contributed by atoms with E-state index in [0.717, 1.165) is 22.3 Å². The predicted molar refractivity (Wildman–Crippen MR) is 175 cm³/mol. The normalized spacial score (nSPS) is 16.3. The quantitative estimate of drug-likeness (QED) is 0.121. The molecule has 0 heterocycles. The third-order valence-corrected chi connectivity index (χ3v) is 8.76. The van der Waals surface area contributed by atoms with Crippen molar-refractivity contribution >= 4 is 28.7 Å². The molecule has 1 atom stereocenters. The Balaban J connectivity index is 1.08. The highest BCUT2D eigenvalue weighted by Gasteiger charge is 2.47. The minimum atomic E-state index is -0.736. The van der Waals surface area contributed by atoms with Crippen LogP contribution in [0, 0.1) is 50.7 Å². The van der Waals surface area contributed by atoms with E-state index in [0.29, 0.717) is 45.4 Å². The van der Waals surface area contributed by atoms with Gasteiger partial charge in [-0.05, 0) is 51.5 Å². The second kappa shape index (κ2) is 13.1. The molecule has 0 radical (unpaired) electrons. The number of nitriles is 4. The maximum Gasteiger partial charge on any atom is 0.338 e. The third-order valence-electron chi connectivity index (χ3n) is 8.76. The standard InChI is InChI=1S/C39H26N4O5/c1-39-15-7-14-32(36(39)29-11-5-4-10-28(29)35(39)25(22-42)23-43)38(45)48-19-17-46-16-18-47-37(44)31-13-6-12-30-33(24(20-40)21-41)26-8-2-3-9-27(26)34(30)31/h2-14H,15-19H2,1H3. The number of esters is 2. The van der Waals surface area contributed by atoms with Crippen molar-refractivity contribution in [3.05, 3.63) is 123 Å². The number of carbonyl (C=O) groups is 2. The lowest BCUT2D eigenvalue weighted by Crippen LogP contribution is -2.22. The Labute approximate surface area is 277 Å². The van der Waals surface area contributed by atoms with E-state index in [1.54, 1.807) is 24.3 Å². The number of carbonyl (C=O) groups excluding carboxylic acids is 2. The number of hydrogen-bond acceptors (Lipinski definition) is 9. The molecule has 3 aromatic rings. The van der Waals surface area contributed by atoms with E-state index in [-0.39, 0.29) is 37.6 Å². The molecule has 48 heavy (non-hydrogen) atoms. The van der Waals surface area contributed by atoms with Gasteiger partial charge in [0.1, 0.15) is 48.6 Å². The average Bonchev–Trinajstić information content (AvgIpc) is 3.58. The zero-order valence-electron chi connectivity index (χ0n) is 25.9. The Morgan fingerprint density at radius 2 is 1.27 bits per heavy atom. The molecule has 232 valence electrons. The maximum absolute atomic E-state index is 13.3. The number of ether oxygens (including phenoxy) is 3. The van der Waals surface area contributed by atoms with Crippen LogP contribution in [0.1, 0.15) is 46.0 Å². The highest BCUT2D eigenvalue weighted by Crippen LogP contribution is 2.60. The molecule has 3 aromatic carbocycles. The average molecular weight is 631 g/mol. The fourth-order valence-electron chi connectivity index (χ4n) is 6.83. The second-order valence-electron chi connectivity index (χ2n) is 11.4. The van der Waals surface area contributed by atoms with Crippen LogP contribution in [0.2, 0.25) is 0 Å². The number of hydrogen-bond donors (Lipinski definition) is 0. The van der Waals surface area contributed by atoms with Crippen molar-refractivity contribution in [3.8, 4) is 35.4 Å². The molecule has 9 heteroatoms. The lowest BCUT2D eigenvalue weighted by Gasteiger charge is -2.31. The van der Waals surface area contributed by atoms with E-state index in [1.165, 1.54) is 0 Å². The van der Waals surface area contributed by atoms with E-state index in [9.17, 15) is 30.6 Å². The second-order valence-corrected chi connectivity index (χ2v) is 11.4. The number of benzene rings is 3. The topological polar surface area (TPSA) is 157 Å². The van der Waals surface area contributed by atoms with Crippen LogP contribution in [0.5, 0.6) is 0 Å². The van der Waals surface area contributed by atoms with Gasteiger partial charge in [0.25, 0.3) is 0 Å². The molecule has 0 saturated carbocycles. The SMILES string of the molecule is CC12CC=CC(C(=O)OCCOCCOC(=O)c3cccc4c3-c3ccccc3C4=C(C#N)C#N)=C1c1ccccc1C2=C(C#N)C#N. The van der Waals surface area contributed by atoms with Crippen LogP contribution in [0.3, 0.4) is 0 Å². The maximum atomic E-state index is 13.3. The first-order valence-electron chi connectivity index (χ1n) is 15.1. The zero-order chi connectivity index (χ0) is 33.8. The highest BCUT2D eigenvalue weighted by molar-refractivity contribution is 6.12. The summed E-state index contributed by atoms with van der Waals surface area (Å²) in [4.78, 5) is 26.4. The molecule has 0 aromatic heterocycles. The monoisotopic (exact) mass is 630 g/mol. The van der Waals surface area contributed by atoms with Crippen molar-refractivity contribution in [1.82, 2.24) is 0 Å². The summed E-state index contributed by atoms with van der Waals surface area (Å²) in [7, 11) is 0. The van der Waals surface area contributed by atoms with Gasteiger partial charge in [-0.2, -0.15) is 21.0 Å². The first-order valence-corrected chi connectivity index (χ1v) is 15.1. The van der Waals surface area contributed by atoms with Crippen molar-refractivity contribution < 1.29 is 23.8 Å². The van der Waals surface area contributed by atoms with Gasteiger partial charge in [-0.3, -0.25) is 0 Å². The van der Waals surface area contributed by atoms with E-state index < -0.39 is 17.4 Å². The minimum absolute atomic E-state index is 0.0206. The summed E-state index contributed by atoms with van der Waals surface area (Å²) in [5.41, 5.74) is 5.98. The first-order chi connectivity index (χ1) is 23.4. The van der Waals surface area contributed by atoms with Crippen LogP contribution in [0.4, 0.5) is 0 Å². The summed E-state index contributed by atoms with van der Waals surface area (Å²) in [5, 5.41) is 38.5. The van der Waals surface area contributed by atoms with Gasteiger partial charge in [0.2, 0.25) is 0 Å². The van der Waals surface area contributed by atoms with Crippen LogP contribution < -0.4 is 0 Å². The fraction of sp³-hybridized carbons (Fsp3) is 0.179. The van der Waals surface area contributed by atoms with Gasteiger partial charge >= 0.3 is 11.9 Å². The van der Waals surface area contributed by atoms with Crippen LogP contribution >= 0.6 is 0 Å². The summed E-state index contributed by atoms with van der Waals surface area (Å²) in [6, 6.07) is 27.8. The smallest absolute Gasteiger partial charge is 0.338 e. The summed E-state index contributed by atoms with van der Waals surface area (Å²) >= 11 is 0. The van der Waals surface area contributed by atoms with Gasteiger partial charge < -0.3 is 14.2 Å². The molecule has 9 nitrogen and oxygen atoms in total. The van der Waals surface area contributed by atoms with Gasteiger partial charge in [0.15, 0.2) is 0 Å². The van der Waals surface area contributed by atoms with Gasteiger partial charge in [-0.25, -0.2) is 9.59 Å². The number of allylic oxidation sites excluding steroid dienone is 5. The number of rotatable bonds is 8. The van der Waals surface area contributed by atoms with Crippen molar-refractivity contribution in [2.24, 2.45) is 5.41 Å². The van der Waals surface area contributed by atoms with Crippen LogP contribution in [-0.2, 0) is 19.0 Å². The Kier molecular flexibility index (Phi) is 8.57. The van der Waals surface area contributed by atoms with Crippen molar-refractivity contribution in [2.45, 2.75) is 13.3 Å². The van der Waals surface area contributed by atoms with E-state index in [2.05, 4.69) is 0 Å².